The van der Waals surface area contributed by atoms with Crippen LogP contribution in [0.5, 0.6) is 0 Å². The van der Waals surface area contributed by atoms with E-state index in [1.807, 2.05) is 52.7 Å². The molecule has 1 fully saturated rings. The lowest BCUT2D eigenvalue weighted by molar-refractivity contribution is -0.132. The number of nitrogens with one attached hydrogen (secondary N) is 1. The number of thioether (sulfide) groups is 1. The van der Waals surface area contributed by atoms with Crippen molar-refractivity contribution in [2.45, 2.75) is 30.5 Å². The second-order valence-electron chi connectivity index (χ2n) is 7.73. The summed E-state index contributed by atoms with van der Waals surface area (Å²) in [5.41, 5.74) is 1.61. The lowest BCUT2D eigenvalue weighted by atomic mass is 10.00. The van der Waals surface area contributed by atoms with Gasteiger partial charge in [0.25, 0.3) is 0 Å². The molecule has 2 aromatic carbocycles. The summed E-state index contributed by atoms with van der Waals surface area (Å²) >= 11 is 2.90. The van der Waals surface area contributed by atoms with Crippen molar-refractivity contribution in [1.82, 2.24) is 9.88 Å². The molecule has 1 unspecified atom stereocenters. The van der Waals surface area contributed by atoms with Crippen molar-refractivity contribution in [2.75, 3.05) is 24.2 Å². The maximum atomic E-state index is 12.5. The van der Waals surface area contributed by atoms with Gasteiger partial charge in [-0.15, -0.1) is 11.3 Å². The van der Waals surface area contributed by atoms with Crippen LogP contribution >= 0.6 is 23.1 Å². The molecule has 2 heterocycles. The number of fused-ring (bicyclic) bond motifs is 1. The van der Waals surface area contributed by atoms with Gasteiger partial charge >= 0.3 is 0 Å². The van der Waals surface area contributed by atoms with Crippen molar-refractivity contribution in [3.05, 3.63) is 53.5 Å². The molecule has 1 aliphatic heterocycles. The van der Waals surface area contributed by atoms with Gasteiger partial charge in [-0.1, -0.05) is 55.1 Å². The number of likely N-dealkylation sites (tertiary alicyclic amines) is 1. The monoisotopic (exact) mass is 439 g/mol. The maximum Gasteiger partial charge on any atom is 0.234 e. The van der Waals surface area contributed by atoms with Crippen LogP contribution in [0.4, 0.5) is 5.69 Å². The number of nitrogens with zero attached hydrogens (tertiary/aromatic N) is 2. The van der Waals surface area contributed by atoms with E-state index in [4.69, 9.17) is 0 Å². The van der Waals surface area contributed by atoms with Crippen molar-refractivity contribution >= 4 is 51.4 Å². The number of amides is 2. The summed E-state index contributed by atoms with van der Waals surface area (Å²) in [5, 5.41) is 7.05. The third-order valence-corrected chi connectivity index (χ3v) is 7.33. The summed E-state index contributed by atoms with van der Waals surface area (Å²) in [6, 6.07) is 13.9. The number of aromatic nitrogens is 1. The Kier molecular flexibility index (Phi) is 6.69. The molecule has 30 heavy (non-hydrogen) atoms. The minimum absolute atomic E-state index is 0.0634. The summed E-state index contributed by atoms with van der Waals surface area (Å²) in [4.78, 5) is 31.5. The highest BCUT2D eigenvalue weighted by Crippen LogP contribution is 2.26. The van der Waals surface area contributed by atoms with Crippen LogP contribution in [0, 0.1) is 5.92 Å². The average Bonchev–Trinajstić information content (AvgIpc) is 3.20. The van der Waals surface area contributed by atoms with Gasteiger partial charge in [-0.3, -0.25) is 9.59 Å². The molecule has 1 atom stereocenters. The lowest BCUT2D eigenvalue weighted by Gasteiger charge is -2.30. The summed E-state index contributed by atoms with van der Waals surface area (Å²) in [6.07, 6.45) is 2.62. The standard InChI is InChI=1S/C23H25N3O2S2/c1-16-6-5-11-26(13-16)22(28)12-18-14-29-23(24-18)30-15-21(27)25-20-10-4-8-17-7-2-3-9-19(17)20/h2-4,7-10,14,16H,5-6,11-13,15H2,1H3,(H,25,27). The second kappa shape index (κ2) is 9.62. The normalized spacial score (nSPS) is 16.6. The van der Waals surface area contributed by atoms with E-state index in [2.05, 4.69) is 17.2 Å². The Morgan fingerprint density at radius 2 is 2.07 bits per heavy atom. The molecule has 1 aliphatic rings. The van der Waals surface area contributed by atoms with Gasteiger partial charge in [0.2, 0.25) is 11.8 Å². The van der Waals surface area contributed by atoms with Gasteiger partial charge in [0, 0.05) is 29.5 Å². The van der Waals surface area contributed by atoms with Crippen LogP contribution < -0.4 is 5.32 Å². The molecule has 7 heteroatoms. The Labute approximate surface area is 184 Å². The predicted molar refractivity (Wildman–Crippen MR) is 124 cm³/mol. The molecular formula is C23H25N3O2S2. The third-order valence-electron chi connectivity index (χ3n) is 5.26. The molecule has 5 nitrogen and oxygen atoms in total. The summed E-state index contributed by atoms with van der Waals surface area (Å²) in [5.74, 6) is 0.946. The van der Waals surface area contributed by atoms with E-state index in [9.17, 15) is 9.59 Å². The van der Waals surface area contributed by atoms with E-state index >= 15 is 0 Å². The minimum atomic E-state index is -0.0634. The molecule has 2 amide bonds. The Hall–Kier alpha value is -2.38. The number of piperidine rings is 1. The molecule has 0 spiro atoms. The molecule has 0 bridgehead atoms. The van der Waals surface area contributed by atoms with Crippen molar-refractivity contribution in [2.24, 2.45) is 5.92 Å². The zero-order valence-corrected chi connectivity index (χ0v) is 18.6. The summed E-state index contributed by atoms with van der Waals surface area (Å²) < 4.78 is 0.817. The van der Waals surface area contributed by atoms with E-state index in [1.165, 1.54) is 29.5 Å². The summed E-state index contributed by atoms with van der Waals surface area (Å²) in [6.45, 7) is 3.89. The number of rotatable bonds is 6. The fourth-order valence-corrected chi connectivity index (χ4v) is 5.41. The first-order valence-electron chi connectivity index (χ1n) is 10.2. The number of hydrogen-bond donors (Lipinski definition) is 1. The first-order chi connectivity index (χ1) is 14.6. The molecule has 3 aromatic rings. The van der Waals surface area contributed by atoms with Crippen LogP contribution in [0.3, 0.4) is 0 Å². The highest BCUT2D eigenvalue weighted by molar-refractivity contribution is 8.01. The van der Waals surface area contributed by atoms with Gasteiger partial charge in [-0.05, 0) is 30.2 Å². The largest absolute Gasteiger partial charge is 0.342 e. The number of carbonyl (C=O) groups is 2. The van der Waals surface area contributed by atoms with Crippen LogP contribution in [-0.4, -0.2) is 40.5 Å². The molecule has 0 saturated carbocycles. The Morgan fingerprint density at radius 1 is 1.23 bits per heavy atom. The zero-order chi connectivity index (χ0) is 20.9. The van der Waals surface area contributed by atoms with E-state index in [0.29, 0.717) is 12.3 Å². The van der Waals surface area contributed by atoms with E-state index in [1.54, 1.807) is 0 Å². The predicted octanol–water partition coefficient (Wildman–Crippen LogP) is 4.83. The van der Waals surface area contributed by atoms with Crippen molar-refractivity contribution in [1.29, 1.82) is 0 Å². The van der Waals surface area contributed by atoms with E-state index in [0.717, 1.165) is 46.0 Å². The lowest BCUT2D eigenvalue weighted by Crippen LogP contribution is -2.39. The topological polar surface area (TPSA) is 62.3 Å². The Bertz CT molecular complexity index is 1040. The molecule has 0 aliphatic carbocycles. The van der Waals surface area contributed by atoms with E-state index in [-0.39, 0.29) is 17.6 Å². The quantitative estimate of drug-likeness (QED) is 0.559. The van der Waals surface area contributed by atoms with Crippen LogP contribution in [0.1, 0.15) is 25.5 Å². The minimum Gasteiger partial charge on any atom is -0.342 e. The van der Waals surface area contributed by atoms with Crippen molar-refractivity contribution in [3.8, 4) is 0 Å². The molecule has 1 N–H and O–H groups in total. The zero-order valence-electron chi connectivity index (χ0n) is 17.0. The van der Waals surface area contributed by atoms with Crippen LogP contribution in [0.15, 0.2) is 52.2 Å². The average molecular weight is 440 g/mol. The van der Waals surface area contributed by atoms with E-state index < -0.39 is 0 Å². The van der Waals surface area contributed by atoms with Gasteiger partial charge in [0.1, 0.15) is 0 Å². The fourth-order valence-electron chi connectivity index (χ4n) is 3.77. The molecule has 4 rings (SSSR count). The first kappa shape index (κ1) is 20.9. The van der Waals surface area contributed by atoms with Crippen LogP contribution in [0.2, 0.25) is 0 Å². The second-order valence-corrected chi connectivity index (χ2v) is 9.81. The van der Waals surface area contributed by atoms with Crippen LogP contribution in [-0.2, 0) is 16.0 Å². The van der Waals surface area contributed by atoms with Gasteiger partial charge in [-0.25, -0.2) is 4.98 Å². The third kappa shape index (κ3) is 5.21. The molecular weight excluding hydrogens is 414 g/mol. The molecule has 1 saturated heterocycles. The highest BCUT2D eigenvalue weighted by atomic mass is 32.2. The van der Waals surface area contributed by atoms with Crippen molar-refractivity contribution in [3.63, 3.8) is 0 Å². The van der Waals surface area contributed by atoms with Gasteiger partial charge in [-0.2, -0.15) is 0 Å². The number of hydrogen-bond acceptors (Lipinski definition) is 5. The number of benzene rings is 2. The van der Waals surface area contributed by atoms with Crippen LogP contribution in [0.25, 0.3) is 10.8 Å². The smallest absolute Gasteiger partial charge is 0.234 e. The fraction of sp³-hybridized carbons (Fsp3) is 0.348. The SMILES string of the molecule is CC1CCCN(C(=O)Cc2csc(SCC(=O)Nc3cccc4ccccc34)n2)C1. The Morgan fingerprint density at radius 3 is 2.93 bits per heavy atom. The van der Waals surface area contributed by atoms with Gasteiger partial charge < -0.3 is 10.2 Å². The Balaban J connectivity index is 1.29. The molecule has 156 valence electrons. The van der Waals surface area contributed by atoms with Gasteiger partial charge in [0.15, 0.2) is 4.34 Å². The highest BCUT2D eigenvalue weighted by Gasteiger charge is 2.21. The number of thiazole rings is 1. The molecule has 0 radical (unpaired) electrons. The summed E-state index contributed by atoms with van der Waals surface area (Å²) in [7, 11) is 0. The first-order valence-corrected chi connectivity index (χ1v) is 12.1. The number of carbonyl (C=O) groups excluding carboxylic acids is 2. The molecule has 1 aromatic heterocycles. The number of anilines is 1. The maximum absolute atomic E-state index is 12.5. The van der Waals surface area contributed by atoms with Gasteiger partial charge in [0.05, 0.1) is 17.9 Å². The van der Waals surface area contributed by atoms with Crippen molar-refractivity contribution < 1.29 is 9.59 Å².